The molecule has 0 bridgehead atoms. The maximum absolute atomic E-state index is 11.2. The average Bonchev–Trinajstić information content (AvgIpc) is 2.46. The first kappa shape index (κ1) is 17.5. The van der Waals surface area contributed by atoms with Crippen LogP contribution < -0.4 is 5.73 Å². The molecule has 3 N–H and O–H groups in total. The third kappa shape index (κ3) is 4.31. The summed E-state index contributed by atoms with van der Waals surface area (Å²) in [7, 11) is 0. The summed E-state index contributed by atoms with van der Waals surface area (Å²) < 4.78 is 0. The van der Waals surface area contributed by atoms with Crippen molar-refractivity contribution >= 4 is 5.91 Å². The number of likely N-dealkylation sites (tertiary alicyclic amines) is 1. The number of β-amino-alcohol motifs (C(OH)–C–C–N with tert-alkyl or cyclic N) is 1. The number of hydrogen-bond donors (Lipinski definition) is 2. The van der Waals surface area contributed by atoms with Crippen LogP contribution >= 0.6 is 0 Å². The third-order valence-corrected chi connectivity index (χ3v) is 4.50. The molecule has 2 rings (SSSR count). The van der Waals surface area contributed by atoms with E-state index in [4.69, 9.17) is 5.73 Å². The summed E-state index contributed by atoms with van der Waals surface area (Å²) >= 11 is 0. The van der Waals surface area contributed by atoms with Gasteiger partial charge in [0.15, 0.2) is 0 Å². The van der Waals surface area contributed by atoms with Gasteiger partial charge in [-0.1, -0.05) is 24.3 Å². The minimum atomic E-state index is -1.04. The highest BCUT2D eigenvalue weighted by Gasteiger charge is 2.35. The molecule has 0 saturated carbocycles. The van der Waals surface area contributed by atoms with Crippen LogP contribution in [0.3, 0.4) is 0 Å². The van der Waals surface area contributed by atoms with Crippen LogP contribution in [0.1, 0.15) is 44.2 Å². The molecule has 1 aliphatic heterocycles. The Bertz CT molecular complexity index is 621. The number of hydrogen-bond acceptors (Lipinski definition) is 4. The van der Waals surface area contributed by atoms with Gasteiger partial charge < -0.3 is 10.8 Å². The van der Waals surface area contributed by atoms with Crippen LogP contribution in [-0.4, -0.2) is 34.6 Å². The van der Waals surface area contributed by atoms with Gasteiger partial charge in [-0.2, -0.15) is 5.26 Å². The van der Waals surface area contributed by atoms with Gasteiger partial charge >= 0.3 is 0 Å². The van der Waals surface area contributed by atoms with Crippen molar-refractivity contribution in [3.63, 3.8) is 0 Å². The molecular formula is C18H25N3O2. The molecule has 0 radical (unpaired) electrons. The van der Waals surface area contributed by atoms with E-state index in [1.165, 1.54) is 0 Å². The zero-order chi connectivity index (χ0) is 17.1. The number of primary amides is 1. The molecule has 1 unspecified atom stereocenters. The van der Waals surface area contributed by atoms with Gasteiger partial charge in [0.2, 0.25) is 5.91 Å². The van der Waals surface area contributed by atoms with E-state index in [0.29, 0.717) is 19.5 Å². The summed E-state index contributed by atoms with van der Waals surface area (Å²) in [6.07, 6.45) is 1.42. The highest BCUT2D eigenvalue weighted by molar-refractivity contribution is 5.75. The third-order valence-electron chi connectivity index (χ3n) is 4.50. The fourth-order valence-electron chi connectivity index (χ4n) is 3.38. The van der Waals surface area contributed by atoms with E-state index in [1.807, 2.05) is 38.1 Å². The maximum atomic E-state index is 11.2. The smallest absolute Gasteiger partial charge is 0.220 e. The van der Waals surface area contributed by atoms with Gasteiger partial charge in [-0.25, -0.2) is 0 Å². The largest absolute Gasteiger partial charge is 0.388 e. The fourth-order valence-corrected chi connectivity index (χ4v) is 3.38. The lowest BCUT2D eigenvalue weighted by Crippen LogP contribution is -2.49. The fraction of sp³-hybridized carbons (Fsp3) is 0.556. The van der Waals surface area contributed by atoms with Crippen LogP contribution in [-0.2, 0) is 16.8 Å². The molecule has 1 saturated heterocycles. The van der Waals surface area contributed by atoms with Gasteiger partial charge in [0.1, 0.15) is 0 Å². The molecule has 0 aromatic heterocycles. The first-order valence-corrected chi connectivity index (χ1v) is 7.98. The summed E-state index contributed by atoms with van der Waals surface area (Å²) in [5, 5.41) is 20.0. The van der Waals surface area contributed by atoms with E-state index < -0.39 is 16.9 Å². The minimum absolute atomic E-state index is 0.00512. The van der Waals surface area contributed by atoms with Crippen molar-refractivity contribution < 1.29 is 9.90 Å². The van der Waals surface area contributed by atoms with Gasteiger partial charge in [0.25, 0.3) is 0 Å². The zero-order valence-corrected chi connectivity index (χ0v) is 13.9. The first-order valence-electron chi connectivity index (χ1n) is 7.98. The Morgan fingerprint density at radius 1 is 1.48 bits per heavy atom. The number of carbonyl (C=O) groups excluding carboxylic acids is 1. The SMILES string of the molecule is CC(C)(C#N)c1ccccc1CN1CCCC(O)(CC(N)=O)C1. The maximum Gasteiger partial charge on any atom is 0.220 e. The Morgan fingerprint density at radius 2 is 2.17 bits per heavy atom. The number of rotatable bonds is 5. The van der Waals surface area contributed by atoms with E-state index in [0.717, 1.165) is 24.1 Å². The summed E-state index contributed by atoms with van der Waals surface area (Å²) in [5.41, 5.74) is 5.75. The van der Waals surface area contributed by atoms with Crippen LogP contribution in [0.4, 0.5) is 0 Å². The van der Waals surface area contributed by atoms with Crippen molar-refractivity contribution in [3.8, 4) is 6.07 Å². The highest BCUT2D eigenvalue weighted by Crippen LogP contribution is 2.29. The molecule has 1 aliphatic rings. The Kier molecular flexibility index (Phi) is 5.08. The standard InChI is InChI=1S/C18H25N3O2/c1-17(2,12-19)15-7-4-3-6-14(15)11-21-9-5-8-18(23,13-21)10-16(20)22/h3-4,6-7,23H,5,8-11,13H2,1-2H3,(H2,20,22). The Balaban J connectivity index is 2.17. The number of nitriles is 1. The predicted octanol–water partition coefficient (Wildman–Crippen LogP) is 1.69. The normalized spacial score (nSPS) is 22.5. The van der Waals surface area contributed by atoms with Crippen molar-refractivity contribution in [1.82, 2.24) is 4.90 Å². The van der Waals surface area contributed by atoms with Crippen molar-refractivity contribution in [1.29, 1.82) is 5.26 Å². The summed E-state index contributed by atoms with van der Waals surface area (Å²) in [6, 6.07) is 10.3. The molecule has 0 spiro atoms. The molecular weight excluding hydrogens is 290 g/mol. The Labute approximate surface area is 137 Å². The van der Waals surface area contributed by atoms with Gasteiger partial charge in [0.05, 0.1) is 23.5 Å². The van der Waals surface area contributed by atoms with Gasteiger partial charge in [-0.15, -0.1) is 0 Å². The lowest BCUT2D eigenvalue weighted by atomic mass is 9.82. The molecule has 1 atom stereocenters. The number of benzene rings is 1. The van der Waals surface area contributed by atoms with E-state index in [9.17, 15) is 15.2 Å². The van der Waals surface area contributed by atoms with E-state index >= 15 is 0 Å². The number of amides is 1. The van der Waals surface area contributed by atoms with Crippen LogP contribution in [0.2, 0.25) is 0 Å². The van der Waals surface area contributed by atoms with Crippen LogP contribution in [0.5, 0.6) is 0 Å². The van der Waals surface area contributed by atoms with Gasteiger partial charge in [0, 0.05) is 13.1 Å². The van der Waals surface area contributed by atoms with E-state index in [-0.39, 0.29) is 6.42 Å². The molecule has 23 heavy (non-hydrogen) atoms. The summed E-state index contributed by atoms with van der Waals surface area (Å²) in [5.74, 6) is -0.472. The van der Waals surface area contributed by atoms with Crippen LogP contribution in [0, 0.1) is 11.3 Å². The second-order valence-electron chi connectivity index (χ2n) is 7.08. The van der Waals surface area contributed by atoms with E-state index in [1.54, 1.807) is 0 Å². The molecule has 0 aliphatic carbocycles. The molecule has 1 amide bonds. The van der Waals surface area contributed by atoms with Crippen LogP contribution in [0.15, 0.2) is 24.3 Å². The van der Waals surface area contributed by atoms with Crippen molar-refractivity contribution in [2.24, 2.45) is 5.73 Å². The molecule has 1 aromatic rings. The predicted molar refractivity (Wildman–Crippen MR) is 88.4 cm³/mol. The van der Waals surface area contributed by atoms with Crippen molar-refractivity contribution in [2.45, 2.75) is 50.7 Å². The van der Waals surface area contributed by atoms with Gasteiger partial charge in [-0.05, 0) is 44.4 Å². The van der Waals surface area contributed by atoms with Crippen molar-refractivity contribution in [3.05, 3.63) is 35.4 Å². The Morgan fingerprint density at radius 3 is 2.83 bits per heavy atom. The average molecular weight is 315 g/mol. The number of aliphatic hydroxyl groups is 1. The molecule has 1 heterocycles. The van der Waals surface area contributed by atoms with E-state index in [2.05, 4.69) is 11.0 Å². The topological polar surface area (TPSA) is 90.3 Å². The second-order valence-corrected chi connectivity index (χ2v) is 7.08. The summed E-state index contributed by atoms with van der Waals surface area (Å²) in [4.78, 5) is 13.3. The number of carbonyl (C=O) groups is 1. The molecule has 124 valence electrons. The lowest BCUT2D eigenvalue weighted by molar-refractivity contribution is -0.125. The molecule has 5 nitrogen and oxygen atoms in total. The Hall–Kier alpha value is -1.90. The number of piperidine rings is 1. The zero-order valence-electron chi connectivity index (χ0n) is 13.9. The highest BCUT2D eigenvalue weighted by atomic mass is 16.3. The number of nitrogens with zero attached hydrogens (tertiary/aromatic N) is 2. The first-order chi connectivity index (χ1) is 10.8. The lowest BCUT2D eigenvalue weighted by Gasteiger charge is -2.39. The number of nitrogens with two attached hydrogens (primary N) is 1. The molecule has 1 aromatic carbocycles. The van der Waals surface area contributed by atoms with Crippen LogP contribution in [0.25, 0.3) is 0 Å². The summed E-state index contributed by atoms with van der Waals surface area (Å²) in [6.45, 7) is 5.76. The molecule has 1 fully saturated rings. The van der Waals surface area contributed by atoms with Gasteiger partial charge in [-0.3, -0.25) is 9.69 Å². The van der Waals surface area contributed by atoms with Crippen molar-refractivity contribution in [2.75, 3.05) is 13.1 Å². The minimum Gasteiger partial charge on any atom is -0.388 e. The molecule has 5 heteroatoms. The monoisotopic (exact) mass is 315 g/mol. The quantitative estimate of drug-likeness (QED) is 0.865. The second kappa shape index (κ2) is 6.69.